The van der Waals surface area contributed by atoms with E-state index in [9.17, 15) is 9.59 Å². The lowest BCUT2D eigenvalue weighted by molar-refractivity contribution is -0.134. The summed E-state index contributed by atoms with van der Waals surface area (Å²) in [7, 11) is 0. The van der Waals surface area contributed by atoms with Gasteiger partial charge in [0.05, 0.1) is 6.10 Å². The van der Waals surface area contributed by atoms with Crippen LogP contribution in [0.25, 0.3) is 0 Å². The summed E-state index contributed by atoms with van der Waals surface area (Å²) < 4.78 is 5.58. The smallest absolute Gasteiger partial charge is 0.222 e. The van der Waals surface area contributed by atoms with E-state index in [1.165, 1.54) is 0 Å². The molecule has 2 heterocycles. The Hall–Kier alpha value is -0.900. The lowest BCUT2D eigenvalue weighted by Gasteiger charge is -2.29. The van der Waals surface area contributed by atoms with Gasteiger partial charge >= 0.3 is 0 Å². The molecule has 0 bridgehead atoms. The zero-order valence-electron chi connectivity index (χ0n) is 12.2. The van der Waals surface area contributed by atoms with Gasteiger partial charge in [0.15, 0.2) is 0 Å². The molecule has 0 radical (unpaired) electrons. The topological polar surface area (TPSA) is 46.6 Å². The average molecular weight is 279 g/mol. The summed E-state index contributed by atoms with van der Waals surface area (Å²) in [6, 6.07) is 0.196. The van der Waals surface area contributed by atoms with Crippen molar-refractivity contribution in [1.29, 1.82) is 0 Å². The standard InChI is InChI=1S/C16H25NO3/c18-15-7-1-5-13(15)14-6-2-10-17(14)16(19)9-8-12-4-3-11-20-12/h12-14H,1-11H2. The molecular weight excluding hydrogens is 254 g/mol. The molecule has 3 rings (SSSR count). The quantitative estimate of drug-likeness (QED) is 0.793. The maximum Gasteiger partial charge on any atom is 0.222 e. The molecule has 20 heavy (non-hydrogen) atoms. The zero-order chi connectivity index (χ0) is 13.9. The molecule has 3 fully saturated rings. The SMILES string of the molecule is O=C1CCCC1C1CCCN1C(=O)CCC1CCCO1. The third-order valence-electron chi connectivity index (χ3n) is 5.14. The molecule has 3 unspecified atom stereocenters. The summed E-state index contributed by atoms with van der Waals surface area (Å²) in [5.41, 5.74) is 0. The second kappa shape index (κ2) is 6.25. The molecule has 2 saturated heterocycles. The van der Waals surface area contributed by atoms with Crippen LogP contribution in [0.4, 0.5) is 0 Å². The monoisotopic (exact) mass is 279 g/mol. The fourth-order valence-electron chi connectivity index (χ4n) is 4.07. The van der Waals surface area contributed by atoms with Crippen molar-refractivity contribution < 1.29 is 14.3 Å². The molecule has 1 amide bonds. The molecule has 1 saturated carbocycles. The van der Waals surface area contributed by atoms with Crippen molar-refractivity contribution in [2.45, 2.75) is 69.9 Å². The van der Waals surface area contributed by atoms with E-state index in [1.54, 1.807) is 0 Å². The molecule has 3 aliphatic rings. The Morgan fingerprint density at radius 3 is 2.80 bits per heavy atom. The van der Waals surface area contributed by atoms with Crippen LogP contribution in [0.3, 0.4) is 0 Å². The fraction of sp³-hybridized carbons (Fsp3) is 0.875. The molecule has 0 aromatic heterocycles. The fourth-order valence-corrected chi connectivity index (χ4v) is 4.07. The van der Waals surface area contributed by atoms with Crippen LogP contribution in [0.2, 0.25) is 0 Å². The highest BCUT2D eigenvalue weighted by molar-refractivity contribution is 5.85. The molecule has 112 valence electrons. The first kappa shape index (κ1) is 14.1. The predicted molar refractivity (Wildman–Crippen MR) is 75.3 cm³/mol. The van der Waals surface area contributed by atoms with Crippen LogP contribution < -0.4 is 0 Å². The zero-order valence-corrected chi connectivity index (χ0v) is 12.2. The van der Waals surface area contributed by atoms with Gasteiger partial charge in [0, 0.05) is 38.0 Å². The normalized spacial score (nSPS) is 34.1. The van der Waals surface area contributed by atoms with Crippen LogP contribution >= 0.6 is 0 Å². The lowest BCUT2D eigenvalue weighted by atomic mass is 9.95. The van der Waals surface area contributed by atoms with E-state index in [0.717, 1.165) is 64.5 Å². The number of hydrogen-bond donors (Lipinski definition) is 0. The van der Waals surface area contributed by atoms with Gasteiger partial charge in [-0.25, -0.2) is 0 Å². The molecule has 0 aromatic rings. The van der Waals surface area contributed by atoms with Gasteiger partial charge in [-0.1, -0.05) is 0 Å². The number of ketones is 1. The van der Waals surface area contributed by atoms with Crippen molar-refractivity contribution in [2.75, 3.05) is 13.2 Å². The van der Waals surface area contributed by atoms with E-state index in [0.29, 0.717) is 12.2 Å². The maximum absolute atomic E-state index is 12.4. The lowest BCUT2D eigenvalue weighted by Crippen LogP contribution is -2.41. The van der Waals surface area contributed by atoms with E-state index < -0.39 is 0 Å². The van der Waals surface area contributed by atoms with Crippen LogP contribution in [0, 0.1) is 5.92 Å². The van der Waals surface area contributed by atoms with Gasteiger partial charge in [0.25, 0.3) is 0 Å². The first-order valence-electron chi connectivity index (χ1n) is 8.19. The Bertz CT molecular complexity index is 376. The highest BCUT2D eigenvalue weighted by Gasteiger charge is 2.39. The van der Waals surface area contributed by atoms with E-state index in [2.05, 4.69) is 0 Å². The number of rotatable bonds is 4. The Kier molecular flexibility index (Phi) is 4.39. The minimum absolute atomic E-state index is 0.129. The molecule has 3 atom stereocenters. The molecular formula is C16H25NO3. The van der Waals surface area contributed by atoms with Crippen molar-refractivity contribution in [3.63, 3.8) is 0 Å². The average Bonchev–Trinajstić information content (AvgIpc) is 3.16. The van der Waals surface area contributed by atoms with E-state index >= 15 is 0 Å². The number of hydrogen-bond acceptors (Lipinski definition) is 3. The van der Waals surface area contributed by atoms with E-state index in [1.807, 2.05) is 4.90 Å². The number of nitrogens with zero attached hydrogens (tertiary/aromatic N) is 1. The predicted octanol–water partition coefficient (Wildman–Crippen LogP) is 2.31. The Labute approximate surface area is 120 Å². The number of amides is 1. The first-order valence-corrected chi connectivity index (χ1v) is 8.19. The Morgan fingerprint density at radius 2 is 2.10 bits per heavy atom. The van der Waals surface area contributed by atoms with Crippen LogP contribution in [0.15, 0.2) is 0 Å². The van der Waals surface area contributed by atoms with Gasteiger partial charge in [-0.3, -0.25) is 9.59 Å². The summed E-state index contributed by atoms with van der Waals surface area (Å²) in [6.45, 7) is 1.70. The van der Waals surface area contributed by atoms with Gasteiger partial charge in [-0.05, 0) is 44.9 Å². The van der Waals surface area contributed by atoms with Gasteiger partial charge in [-0.2, -0.15) is 0 Å². The third-order valence-corrected chi connectivity index (χ3v) is 5.14. The molecule has 4 nitrogen and oxygen atoms in total. The molecule has 0 aromatic carbocycles. The molecule has 2 aliphatic heterocycles. The van der Waals surface area contributed by atoms with Gasteiger partial charge in [0.1, 0.15) is 5.78 Å². The summed E-state index contributed by atoms with van der Waals surface area (Å²) >= 11 is 0. The second-order valence-electron chi connectivity index (χ2n) is 6.44. The minimum Gasteiger partial charge on any atom is -0.378 e. The highest BCUT2D eigenvalue weighted by atomic mass is 16.5. The highest BCUT2D eigenvalue weighted by Crippen LogP contribution is 2.33. The third kappa shape index (κ3) is 2.90. The number of Topliss-reactive ketones (excluding diaryl/α,β-unsaturated/α-hetero) is 1. The van der Waals surface area contributed by atoms with Crippen LogP contribution in [0.1, 0.15) is 57.8 Å². The number of ether oxygens (including phenoxy) is 1. The van der Waals surface area contributed by atoms with E-state index in [4.69, 9.17) is 4.74 Å². The number of carbonyl (C=O) groups is 2. The van der Waals surface area contributed by atoms with Crippen LogP contribution in [-0.4, -0.2) is 41.9 Å². The van der Waals surface area contributed by atoms with Crippen molar-refractivity contribution >= 4 is 11.7 Å². The summed E-state index contributed by atoms with van der Waals surface area (Å²) in [5.74, 6) is 0.751. The maximum atomic E-state index is 12.4. The molecule has 4 heteroatoms. The number of carbonyl (C=O) groups excluding carboxylic acids is 2. The summed E-state index contributed by atoms with van der Waals surface area (Å²) in [5, 5.41) is 0. The molecule has 0 spiro atoms. The van der Waals surface area contributed by atoms with Crippen molar-refractivity contribution in [2.24, 2.45) is 5.92 Å². The largest absolute Gasteiger partial charge is 0.378 e. The van der Waals surface area contributed by atoms with Crippen LogP contribution in [-0.2, 0) is 14.3 Å². The minimum atomic E-state index is 0.129. The van der Waals surface area contributed by atoms with Crippen molar-refractivity contribution in [1.82, 2.24) is 4.90 Å². The Morgan fingerprint density at radius 1 is 1.20 bits per heavy atom. The second-order valence-corrected chi connectivity index (χ2v) is 6.44. The van der Waals surface area contributed by atoms with Gasteiger partial charge < -0.3 is 9.64 Å². The number of likely N-dealkylation sites (tertiary alicyclic amines) is 1. The van der Waals surface area contributed by atoms with Crippen molar-refractivity contribution in [3.05, 3.63) is 0 Å². The Balaban J connectivity index is 1.54. The van der Waals surface area contributed by atoms with Gasteiger partial charge in [0.2, 0.25) is 5.91 Å². The van der Waals surface area contributed by atoms with E-state index in [-0.39, 0.29) is 24.0 Å². The van der Waals surface area contributed by atoms with Crippen LogP contribution in [0.5, 0.6) is 0 Å². The summed E-state index contributed by atoms with van der Waals surface area (Å²) in [6.07, 6.45) is 8.73. The molecule has 0 N–H and O–H groups in total. The summed E-state index contributed by atoms with van der Waals surface area (Å²) in [4.78, 5) is 26.4. The van der Waals surface area contributed by atoms with Crippen molar-refractivity contribution in [3.8, 4) is 0 Å². The molecule has 1 aliphatic carbocycles. The van der Waals surface area contributed by atoms with Gasteiger partial charge in [-0.15, -0.1) is 0 Å². The first-order chi connectivity index (χ1) is 9.75.